The van der Waals surface area contributed by atoms with Crippen LogP contribution in [0.1, 0.15) is 16.7 Å². The summed E-state index contributed by atoms with van der Waals surface area (Å²) in [5.74, 6) is -0.184. The number of benzene rings is 2. The molecule has 1 heterocycles. The van der Waals surface area contributed by atoms with Gasteiger partial charge in [-0.05, 0) is 60.8 Å². The predicted molar refractivity (Wildman–Crippen MR) is 84.9 cm³/mol. The van der Waals surface area contributed by atoms with Crippen LogP contribution < -0.4 is 5.73 Å². The van der Waals surface area contributed by atoms with Gasteiger partial charge in [-0.2, -0.15) is 0 Å². The molecule has 0 spiro atoms. The van der Waals surface area contributed by atoms with E-state index in [9.17, 15) is 4.39 Å². The minimum Gasteiger partial charge on any atom is -0.343 e. The molecule has 3 heteroatoms. The quantitative estimate of drug-likeness (QED) is 0.778. The monoisotopic (exact) mass is 282 g/mol. The van der Waals surface area contributed by atoms with E-state index < -0.39 is 0 Å². The van der Waals surface area contributed by atoms with Gasteiger partial charge in [0, 0.05) is 23.6 Å². The number of halogens is 1. The molecule has 0 aliphatic carbocycles. The molecule has 0 bridgehead atoms. The Kier molecular flexibility index (Phi) is 3.76. The highest BCUT2D eigenvalue weighted by atomic mass is 19.1. The molecule has 2 nitrogen and oxygen atoms in total. The van der Waals surface area contributed by atoms with E-state index in [1.807, 2.05) is 13.0 Å². The third-order valence-corrected chi connectivity index (χ3v) is 3.97. The first-order valence-electron chi connectivity index (χ1n) is 7.21. The number of rotatable bonds is 4. The fraction of sp³-hybridized carbons (Fsp3) is 0.222. The number of nitrogens with zero attached hydrogens (tertiary/aromatic N) is 1. The lowest BCUT2D eigenvalue weighted by molar-refractivity contribution is 0.623. The van der Waals surface area contributed by atoms with Crippen molar-refractivity contribution in [2.75, 3.05) is 6.54 Å². The predicted octanol–water partition coefficient (Wildman–Crippen LogP) is 3.64. The molecule has 0 amide bonds. The number of aryl methyl sites for hydroxylation is 1. The van der Waals surface area contributed by atoms with Crippen LogP contribution >= 0.6 is 0 Å². The Labute approximate surface area is 124 Å². The van der Waals surface area contributed by atoms with Crippen LogP contribution in [0.4, 0.5) is 4.39 Å². The van der Waals surface area contributed by atoms with E-state index in [4.69, 9.17) is 5.73 Å². The topological polar surface area (TPSA) is 30.9 Å². The molecule has 108 valence electrons. The summed E-state index contributed by atoms with van der Waals surface area (Å²) in [6.07, 6.45) is 2.94. The largest absolute Gasteiger partial charge is 0.343 e. The van der Waals surface area contributed by atoms with Gasteiger partial charge in [-0.15, -0.1) is 0 Å². The third-order valence-electron chi connectivity index (χ3n) is 3.97. The minimum atomic E-state index is -0.184. The number of aromatic nitrogens is 1. The lowest BCUT2D eigenvalue weighted by Crippen LogP contribution is -2.03. The first-order chi connectivity index (χ1) is 10.2. The maximum atomic E-state index is 13.4. The maximum absolute atomic E-state index is 13.4. The summed E-state index contributed by atoms with van der Waals surface area (Å²) >= 11 is 0. The minimum absolute atomic E-state index is 0.184. The van der Waals surface area contributed by atoms with E-state index in [0.29, 0.717) is 13.1 Å². The molecule has 0 saturated carbocycles. The summed E-state index contributed by atoms with van der Waals surface area (Å²) in [7, 11) is 0. The van der Waals surface area contributed by atoms with Crippen molar-refractivity contribution in [2.24, 2.45) is 5.73 Å². The van der Waals surface area contributed by atoms with E-state index in [-0.39, 0.29) is 5.82 Å². The fourth-order valence-electron chi connectivity index (χ4n) is 2.79. The van der Waals surface area contributed by atoms with Gasteiger partial charge >= 0.3 is 0 Å². The van der Waals surface area contributed by atoms with Gasteiger partial charge in [-0.1, -0.05) is 18.2 Å². The standard InChI is InChI=1S/C18H19FN2/c1-13-5-6-16(19)11-15(13)12-21-10-8-17-14(7-9-20)3-2-4-18(17)21/h2-6,8,10-11H,7,9,12,20H2,1H3. The van der Waals surface area contributed by atoms with Crippen LogP contribution in [0.2, 0.25) is 0 Å². The molecule has 0 fully saturated rings. The fourth-order valence-corrected chi connectivity index (χ4v) is 2.79. The summed E-state index contributed by atoms with van der Waals surface area (Å²) in [5.41, 5.74) is 10.2. The Morgan fingerprint density at radius 3 is 2.76 bits per heavy atom. The van der Waals surface area contributed by atoms with Crippen molar-refractivity contribution in [1.82, 2.24) is 4.57 Å². The van der Waals surface area contributed by atoms with Gasteiger partial charge in [-0.3, -0.25) is 0 Å². The Morgan fingerprint density at radius 2 is 1.95 bits per heavy atom. The van der Waals surface area contributed by atoms with Crippen molar-refractivity contribution >= 4 is 10.9 Å². The second-order valence-corrected chi connectivity index (χ2v) is 5.40. The van der Waals surface area contributed by atoms with Gasteiger partial charge in [0.2, 0.25) is 0 Å². The molecule has 0 atom stereocenters. The number of hydrogen-bond donors (Lipinski definition) is 1. The van der Waals surface area contributed by atoms with E-state index in [1.54, 1.807) is 6.07 Å². The highest BCUT2D eigenvalue weighted by molar-refractivity contribution is 5.83. The van der Waals surface area contributed by atoms with E-state index in [1.165, 1.54) is 22.5 Å². The zero-order chi connectivity index (χ0) is 14.8. The van der Waals surface area contributed by atoms with Gasteiger partial charge in [0.15, 0.2) is 0 Å². The molecule has 3 rings (SSSR count). The first kappa shape index (κ1) is 13.8. The molecular weight excluding hydrogens is 263 g/mol. The number of hydrogen-bond acceptors (Lipinski definition) is 1. The van der Waals surface area contributed by atoms with Gasteiger partial charge in [0.25, 0.3) is 0 Å². The Balaban J connectivity index is 2.01. The second kappa shape index (κ2) is 5.70. The molecule has 1 aromatic heterocycles. The average Bonchev–Trinajstić information content (AvgIpc) is 2.88. The molecule has 3 aromatic rings. The normalized spacial score (nSPS) is 11.2. The molecular formula is C18H19FN2. The van der Waals surface area contributed by atoms with Gasteiger partial charge in [0.1, 0.15) is 5.82 Å². The molecule has 2 N–H and O–H groups in total. The molecule has 0 radical (unpaired) electrons. The summed E-state index contributed by atoms with van der Waals surface area (Å²) in [4.78, 5) is 0. The van der Waals surface area contributed by atoms with E-state index in [2.05, 4.69) is 35.0 Å². The molecule has 0 aliphatic heterocycles. The van der Waals surface area contributed by atoms with Crippen molar-refractivity contribution in [2.45, 2.75) is 19.9 Å². The van der Waals surface area contributed by atoms with Crippen LogP contribution in [0.15, 0.2) is 48.7 Å². The van der Waals surface area contributed by atoms with Crippen molar-refractivity contribution in [3.63, 3.8) is 0 Å². The van der Waals surface area contributed by atoms with Crippen LogP contribution in [0.5, 0.6) is 0 Å². The zero-order valence-electron chi connectivity index (χ0n) is 12.1. The van der Waals surface area contributed by atoms with Crippen molar-refractivity contribution in [1.29, 1.82) is 0 Å². The highest BCUT2D eigenvalue weighted by Crippen LogP contribution is 2.22. The SMILES string of the molecule is Cc1ccc(F)cc1Cn1ccc2c(CCN)cccc21. The smallest absolute Gasteiger partial charge is 0.123 e. The van der Waals surface area contributed by atoms with Gasteiger partial charge in [0.05, 0.1) is 0 Å². The Hall–Kier alpha value is -2.13. The maximum Gasteiger partial charge on any atom is 0.123 e. The molecule has 2 aromatic carbocycles. The average molecular weight is 282 g/mol. The first-order valence-corrected chi connectivity index (χ1v) is 7.21. The van der Waals surface area contributed by atoms with Crippen LogP contribution in [-0.4, -0.2) is 11.1 Å². The highest BCUT2D eigenvalue weighted by Gasteiger charge is 2.07. The Bertz CT molecular complexity index is 774. The Morgan fingerprint density at radius 1 is 1.10 bits per heavy atom. The lowest BCUT2D eigenvalue weighted by Gasteiger charge is -2.10. The number of fused-ring (bicyclic) bond motifs is 1. The molecule has 21 heavy (non-hydrogen) atoms. The van der Waals surface area contributed by atoms with Gasteiger partial charge in [-0.25, -0.2) is 4.39 Å². The summed E-state index contributed by atoms with van der Waals surface area (Å²) < 4.78 is 15.6. The van der Waals surface area contributed by atoms with Gasteiger partial charge < -0.3 is 10.3 Å². The summed E-state index contributed by atoms with van der Waals surface area (Å²) in [6, 6.07) is 13.3. The van der Waals surface area contributed by atoms with Crippen LogP contribution in [0.25, 0.3) is 10.9 Å². The van der Waals surface area contributed by atoms with E-state index >= 15 is 0 Å². The zero-order valence-corrected chi connectivity index (χ0v) is 12.1. The molecule has 0 unspecified atom stereocenters. The van der Waals surface area contributed by atoms with Crippen molar-refractivity contribution < 1.29 is 4.39 Å². The lowest BCUT2D eigenvalue weighted by atomic mass is 10.1. The molecule has 0 aliphatic rings. The van der Waals surface area contributed by atoms with Crippen molar-refractivity contribution in [3.8, 4) is 0 Å². The van der Waals surface area contributed by atoms with E-state index in [0.717, 1.165) is 17.5 Å². The van der Waals surface area contributed by atoms with Crippen LogP contribution in [0, 0.1) is 12.7 Å². The van der Waals surface area contributed by atoms with Crippen molar-refractivity contribution in [3.05, 3.63) is 71.2 Å². The van der Waals surface area contributed by atoms with Crippen LogP contribution in [0.3, 0.4) is 0 Å². The second-order valence-electron chi connectivity index (χ2n) is 5.40. The third kappa shape index (κ3) is 2.69. The van der Waals surface area contributed by atoms with Crippen LogP contribution in [-0.2, 0) is 13.0 Å². The summed E-state index contributed by atoms with van der Waals surface area (Å²) in [6.45, 7) is 3.34. The number of nitrogens with two attached hydrogens (primary N) is 1. The summed E-state index contributed by atoms with van der Waals surface area (Å²) in [5, 5.41) is 1.23. The molecule has 0 saturated heterocycles.